The summed E-state index contributed by atoms with van der Waals surface area (Å²) in [6.07, 6.45) is 0.380. The van der Waals surface area contributed by atoms with Gasteiger partial charge in [0.1, 0.15) is 0 Å². The standard InChI is InChI=1S/C12H14N2O3S/c1-3-9-10(15)13-12(17)14(11(9)16)6-8-5-4-7(2)18-8/h4-5,16H,3,6H2,1-2H3,(H,13,15,17). The first kappa shape index (κ1) is 12.6. The molecule has 0 aromatic carbocycles. The largest absolute Gasteiger partial charge is 0.494 e. The number of aromatic amines is 1. The number of hydrogen-bond acceptors (Lipinski definition) is 4. The Labute approximate surface area is 107 Å². The van der Waals surface area contributed by atoms with E-state index >= 15 is 0 Å². The number of hydrogen-bond donors (Lipinski definition) is 2. The Hall–Kier alpha value is -1.82. The number of nitrogens with zero attached hydrogens (tertiary/aromatic N) is 1. The molecule has 18 heavy (non-hydrogen) atoms. The molecule has 0 fully saturated rings. The maximum atomic E-state index is 11.7. The molecule has 2 heterocycles. The second kappa shape index (κ2) is 4.81. The van der Waals surface area contributed by atoms with Crippen LogP contribution in [0.5, 0.6) is 5.88 Å². The minimum absolute atomic E-state index is 0.239. The van der Waals surface area contributed by atoms with E-state index in [0.29, 0.717) is 6.42 Å². The molecule has 0 aliphatic heterocycles. The average Bonchev–Trinajstić information content (AvgIpc) is 2.70. The molecule has 2 aromatic heterocycles. The topological polar surface area (TPSA) is 75.1 Å². The zero-order valence-electron chi connectivity index (χ0n) is 10.2. The summed E-state index contributed by atoms with van der Waals surface area (Å²) in [6, 6.07) is 3.86. The Kier molecular flexibility index (Phi) is 3.38. The number of aromatic nitrogens is 2. The molecule has 96 valence electrons. The lowest BCUT2D eigenvalue weighted by Gasteiger charge is -2.09. The summed E-state index contributed by atoms with van der Waals surface area (Å²) in [5, 5.41) is 9.97. The molecule has 0 amide bonds. The lowest BCUT2D eigenvalue weighted by molar-refractivity contribution is 0.402. The van der Waals surface area contributed by atoms with Crippen molar-refractivity contribution >= 4 is 11.3 Å². The molecule has 0 radical (unpaired) electrons. The molecular weight excluding hydrogens is 252 g/mol. The molecule has 2 N–H and O–H groups in total. The fourth-order valence-corrected chi connectivity index (χ4v) is 2.67. The third-order valence-electron chi connectivity index (χ3n) is 2.73. The van der Waals surface area contributed by atoms with Crippen molar-refractivity contribution in [3.63, 3.8) is 0 Å². The quantitative estimate of drug-likeness (QED) is 0.877. The molecule has 0 bridgehead atoms. The van der Waals surface area contributed by atoms with Crippen LogP contribution in [0.25, 0.3) is 0 Å². The zero-order chi connectivity index (χ0) is 13.3. The highest BCUT2D eigenvalue weighted by Crippen LogP contribution is 2.18. The van der Waals surface area contributed by atoms with Gasteiger partial charge in [0.05, 0.1) is 12.1 Å². The van der Waals surface area contributed by atoms with Gasteiger partial charge in [-0.15, -0.1) is 11.3 Å². The van der Waals surface area contributed by atoms with Crippen molar-refractivity contribution in [1.82, 2.24) is 9.55 Å². The highest BCUT2D eigenvalue weighted by molar-refractivity contribution is 7.11. The van der Waals surface area contributed by atoms with E-state index in [-0.39, 0.29) is 18.0 Å². The number of aromatic hydroxyl groups is 1. The van der Waals surface area contributed by atoms with E-state index in [2.05, 4.69) is 4.98 Å². The number of thiophene rings is 1. The van der Waals surface area contributed by atoms with E-state index in [9.17, 15) is 14.7 Å². The number of nitrogens with one attached hydrogen (secondary N) is 1. The van der Waals surface area contributed by atoms with E-state index in [1.807, 2.05) is 19.1 Å². The molecule has 0 saturated carbocycles. The van der Waals surface area contributed by atoms with Crippen molar-refractivity contribution in [2.24, 2.45) is 0 Å². The Morgan fingerprint density at radius 1 is 1.39 bits per heavy atom. The molecule has 2 rings (SSSR count). The van der Waals surface area contributed by atoms with Crippen LogP contribution < -0.4 is 11.2 Å². The van der Waals surface area contributed by atoms with Gasteiger partial charge in [-0.3, -0.25) is 14.3 Å². The summed E-state index contributed by atoms with van der Waals surface area (Å²) >= 11 is 1.55. The van der Waals surface area contributed by atoms with Gasteiger partial charge in [0.15, 0.2) is 0 Å². The first-order valence-electron chi connectivity index (χ1n) is 5.63. The molecule has 0 unspecified atom stereocenters. The van der Waals surface area contributed by atoms with E-state index < -0.39 is 11.2 Å². The maximum absolute atomic E-state index is 11.7. The summed E-state index contributed by atoms with van der Waals surface area (Å²) in [5.74, 6) is -0.239. The van der Waals surface area contributed by atoms with Crippen LogP contribution in [0.15, 0.2) is 21.7 Å². The monoisotopic (exact) mass is 266 g/mol. The van der Waals surface area contributed by atoms with E-state index in [1.165, 1.54) is 4.57 Å². The lowest BCUT2D eigenvalue weighted by atomic mass is 10.2. The van der Waals surface area contributed by atoms with Crippen LogP contribution in [-0.2, 0) is 13.0 Å². The van der Waals surface area contributed by atoms with Crippen LogP contribution in [0.3, 0.4) is 0 Å². The lowest BCUT2D eigenvalue weighted by Crippen LogP contribution is -2.32. The first-order valence-corrected chi connectivity index (χ1v) is 6.44. The predicted octanol–water partition coefficient (Wildman–Crippen LogP) is 1.22. The molecule has 0 saturated heterocycles. The normalized spacial score (nSPS) is 10.8. The van der Waals surface area contributed by atoms with Crippen LogP contribution in [0.2, 0.25) is 0 Å². The summed E-state index contributed by atoms with van der Waals surface area (Å²) in [6.45, 7) is 4.00. The average molecular weight is 266 g/mol. The van der Waals surface area contributed by atoms with Gasteiger partial charge in [-0.05, 0) is 25.5 Å². The van der Waals surface area contributed by atoms with Crippen LogP contribution in [-0.4, -0.2) is 14.7 Å². The minimum Gasteiger partial charge on any atom is -0.494 e. The number of aryl methyl sites for hydroxylation is 1. The molecule has 0 spiro atoms. The molecule has 5 nitrogen and oxygen atoms in total. The van der Waals surface area contributed by atoms with Crippen molar-refractivity contribution < 1.29 is 5.11 Å². The molecular formula is C12H14N2O3S. The second-order valence-electron chi connectivity index (χ2n) is 4.01. The van der Waals surface area contributed by atoms with Gasteiger partial charge in [-0.1, -0.05) is 6.92 Å². The van der Waals surface area contributed by atoms with Crippen molar-refractivity contribution in [3.05, 3.63) is 48.3 Å². The predicted molar refractivity (Wildman–Crippen MR) is 70.5 cm³/mol. The molecule has 2 aromatic rings. The smallest absolute Gasteiger partial charge is 0.331 e. The van der Waals surface area contributed by atoms with E-state index in [4.69, 9.17) is 0 Å². The van der Waals surface area contributed by atoms with Gasteiger partial charge in [-0.25, -0.2) is 4.79 Å². The summed E-state index contributed by atoms with van der Waals surface area (Å²) in [5.41, 5.74) is -0.859. The van der Waals surface area contributed by atoms with Crippen molar-refractivity contribution in [1.29, 1.82) is 0 Å². The fourth-order valence-electron chi connectivity index (χ4n) is 1.79. The van der Waals surface area contributed by atoms with Crippen molar-refractivity contribution in [2.45, 2.75) is 26.8 Å². The highest BCUT2D eigenvalue weighted by Gasteiger charge is 2.13. The van der Waals surface area contributed by atoms with Gasteiger partial charge >= 0.3 is 5.69 Å². The van der Waals surface area contributed by atoms with Gasteiger partial charge < -0.3 is 5.11 Å². The second-order valence-corrected chi connectivity index (χ2v) is 5.39. The number of H-pyrrole nitrogens is 1. The van der Waals surface area contributed by atoms with Gasteiger partial charge in [0, 0.05) is 9.75 Å². The van der Waals surface area contributed by atoms with Gasteiger partial charge in [-0.2, -0.15) is 0 Å². The third-order valence-corrected chi connectivity index (χ3v) is 3.71. The molecule has 0 atom stereocenters. The summed E-state index contributed by atoms with van der Waals surface area (Å²) in [7, 11) is 0. The van der Waals surface area contributed by atoms with Crippen LogP contribution in [0.1, 0.15) is 22.2 Å². The van der Waals surface area contributed by atoms with Crippen molar-refractivity contribution in [3.8, 4) is 5.88 Å². The first-order chi connectivity index (χ1) is 8.52. The van der Waals surface area contributed by atoms with Crippen LogP contribution >= 0.6 is 11.3 Å². The maximum Gasteiger partial charge on any atom is 0.331 e. The SMILES string of the molecule is CCc1c(O)n(Cc2ccc(C)s2)c(=O)[nH]c1=O. The molecule has 0 aliphatic carbocycles. The van der Waals surface area contributed by atoms with Crippen LogP contribution in [0.4, 0.5) is 0 Å². The number of rotatable bonds is 3. The third kappa shape index (κ3) is 2.24. The molecule has 0 aliphatic rings. The highest BCUT2D eigenvalue weighted by atomic mass is 32.1. The Bertz CT molecular complexity index is 681. The van der Waals surface area contributed by atoms with Gasteiger partial charge in [0.2, 0.25) is 5.88 Å². The summed E-state index contributed by atoms with van der Waals surface area (Å²) in [4.78, 5) is 27.5. The van der Waals surface area contributed by atoms with Crippen molar-refractivity contribution in [2.75, 3.05) is 0 Å². The fraction of sp³-hybridized carbons (Fsp3) is 0.333. The summed E-state index contributed by atoms with van der Waals surface area (Å²) < 4.78 is 1.19. The zero-order valence-corrected chi connectivity index (χ0v) is 11.0. The van der Waals surface area contributed by atoms with Crippen LogP contribution in [0, 0.1) is 6.92 Å². The van der Waals surface area contributed by atoms with Gasteiger partial charge in [0.25, 0.3) is 5.56 Å². The minimum atomic E-state index is -0.583. The Morgan fingerprint density at radius 3 is 2.67 bits per heavy atom. The molecule has 6 heteroatoms. The van der Waals surface area contributed by atoms with E-state index in [1.54, 1.807) is 18.3 Å². The Morgan fingerprint density at radius 2 is 2.11 bits per heavy atom. The van der Waals surface area contributed by atoms with E-state index in [0.717, 1.165) is 9.75 Å². The Balaban J connectivity index is 2.51.